The van der Waals surface area contributed by atoms with Gasteiger partial charge in [0, 0.05) is 18.3 Å². The first-order valence-corrected chi connectivity index (χ1v) is 5.51. The summed E-state index contributed by atoms with van der Waals surface area (Å²) in [4.78, 5) is 4.04. The van der Waals surface area contributed by atoms with Crippen molar-refractivity contribution in [2.75, 3.05) is 0 Å². The highest BCUT2D eigenvalue weighted by atomic mass is 16.5. The number of hydrogen-bond donors (Lipinski definition) is 1. The topological polar surface area (TPSA) is 60.2 Å². The molecule has 0 radical (unpaired) electrons. The maximum Gasteiger partial charge on any atom is 0.138 e. The summed E-state index contributed by atoms with van der Waals surface area (Å²) < 4.78 is 7.40. The van der Waals surface area contributed by atoms with Gasteiger partial charge in [0.1, 0.15) is 12.4 Å². The van der Waals surface area contributed by atoms with Gasteiger partial charge < -0.3 is 9.84 Å². The lowest BCUT2D eigenvalue weighted by atomic mass is 10.3. The Morgan fingerprint density at radius 3 is 2.82 bits per heavy atom. The van der Waals surface area contributed by atoms with Crippen molar-refractivity contribution < 1.29 is 9.84 Å². The Hall–Kier alpha value is -1.88. The molecule has 0 aliphatic rings. The Bertz CT molecular complexity index is 465. The third kappa shape index (κ3) is 3.04. The highest BCUT2D eigenvalue weighted by Crippen LogP contribution is 2.11. The highest BCUT2D eigenvalue weighted by molar-refractivity contribution is 5.20. The molecular weight excluding hydrogens is 218 g/mol. The predicted molar refractivity (Wildman–Crippen MR) is 62.4 cm³/mol. The lowest BCUT2D eigenvalue weighted by Crippen LogP contribution is -1.96. The molecule has 0 saturated carbocycles. The fourth-order valence-corrected chi connectivity index (χ4v) is 1.41. The molecule has 0 saturated heterocycles. The molecule has 0 unspecified atom stereocenters. The molecule has 0 fully saturated rings. The van der Waals surface area contributed by atoms with Crippen molar-refractivity contribution in [2.45, 2.75) is 26.7 Å². The number of ether oxygens (including phenoxy) is 1. The minimum absolute atomic E-state index is 0.0520. The summed E-state index contributed by atoms with van der Waals surface area (Å²) in [6.45, 7) is 3.31. The van der Waals surface area contributed by atoms with Gasteiger partial charge in [0.2, 0.25) is 0 Å². The van der Waals surface area contributed by atoms with Crippen LogP contribution in [0.5, 0.6) is 5.75 Å². The monoisotopic (exact) mass is 233 g/mol. The van der Waals surface area contributed by atoms with Crippen LogP contribution in [0, 0.1) is 0 Å². The number of pyridine rings is 1. The van der Waals surface area contributed by atoms with Crippen molar-refractivity contribution >= 4 is 0 Å². The van der Waals surface area contributed by atoms with E-state index < -0.39 is 0 Å². The summed E-state index contributed by atoms with van der Waals surface area (Å²) in [7, 11) is 0. The zero-order valence-corrected chi connectivity index (χ0v) is 9.71. The molecule has 5 heteroatoms. The third-order valence-corrected chi connectivity index (χ3v) is 2.38. The maximum absolute atomic E-state index is 8.85. The van der Waals surface area contributed by atoms with Gasteiger partial charge in [0.05, 0.1) is 24.7 Å². The minimum atomic E-state index is -0.0520. The van der Waals surface area contributed by atoms with Crippen molar-refractivity contribution in [1.29, 1.82) is 0 Å². The van der Waals surface area contributed by atoms with Gasteiger partial charge in [-0.3, -0.25) is 9.67 Å². The smallest absolute Gasteiger partial charge is 0.138 e. The van der Waals surface area contributed by atoms with Gasteiger partial charge in [-0.15, -0.1) is 0 Å². The summed E-state index contributed by atoms with van der Waals surface area (Å²) in [5.74, 6) is 0.687. The Morgan fingerprint density at radius 2 is 2.24 bits per heavy atom. The van der Waals surface area contributed by atoms with Crippen LogP contribution in [0.3, 0.4) is 0 Å². The molecule has 2 heterocycles. The quantitative estimate of drug-likeness (QED) is 0.847. The summed E-state index contributed by atoms with van der Waals surface area (Å²) in [6, 6.07) is 3.54. The van der Waals surface area contributed by atoms with Crippen LogP contribution in [0.4, 0.5) is 0 Å². The number of aliphatic hydroxyl groups is 1. The van der Waals surface area contributed by atoms with E-state index >= 15 is 0 Å². The van der Waals surface area contributed by atoms with Crippen molar-refractivity contribution in [1.82, 2.24) is 14.8 Å². The zero-order chi connectivity index (χ0) is 12.1. The fourth-order valence-electron chi connectivity index (χ4n) is 1.41. The second-order valence-electron chi connectivity index (χ2n) is 3.64. The lowest BCUT2D eigenvalue weighted by Gasteiger charge is -2.04. The number of hydrogen-bond acceptors (Lipinski definition) is 4. The molecule has 0 amide bonds. The van der Waals surface area contributed by atoms with E-state index in [1.807, 2.05) is 17.8 Å². The standard InChI is InChI=1S/C12H15N3O2/c1-2-15-7-10(5-14-15)9-17-12-4-3-11(8-16)13-6-12/h3-7,16H,2,8-9H2,1H3. The molecule has 2 aromatic rings. The molecule has 0 aliphatic heterocycles. The van der Waals surface area contributed by atoms with Crippen LogP contribution < -0.4 is 4.74 Å². The van der Waals surface area contributed by atoms with Gasteiger partial charge in [0.25, 0.3) is 0 Å². The van der Waals surface area contributed by atoms with E-state index in [1.165, 1.54) is 0 Å². The van der Waals surface area contributed by atoms with Crippen molar-refractivity contribution in [2.24, 2.45) is 0 Å². The first-order valence-electron chi connectivity index (χ1n) is 5.51. The summed E-state index contributed by atoms with van der Waals surface area (Å²) in [6.07, 6.45) is 5.35. The number of aliphatic hydroxyl groups excluding tert-OH is 1. The van der Waals surface area contributed by atoms with Gasteiger partial charge in [-0.2, -0.15) is 5.10 Å². The van der Waals surface area contributed by atoms with E-state index in [4.69, 9.17) is 9.84 Å². The predicted octanol–water partition coefficient (Wildman–Crippen LogP) is 1.37. The van der Waals surface area contributed by atoms with Crippen molar-refractivity contribution in [3.05, 3.63) is 42.0 Å². The molecule has 2 aromatic heterocycles. The third-order valence-electron chi connectivity index (χ3n) is 2.38. The van der Waals surface area contributed by atoms with Gasteiger partial charge in [0.15, 0.2) is 0 Å². The molecule has 0 bridgehead atoms. The number of nitrogens with zero attached hydrogens (tertiary/aromatic N) is 3. The van der Waals surface area contributed by atoms with Gasteiger partial charge in [-0.25, -0.2) is 0 Å². The Balaban J connectivity index is 1.92. The van der Waals surface area contributed by atoms with Crippen LogP contribution in [0.15, 0.2) is 30.7 Å². The molecule has 0 aliphatic carbocycles. The second-order valence-corrected chi connectivity index (χ2v) is 3.64. The van der Waals surface area contributed by atoms with E-state index in [2.05, 4.69) is 10.1 Å². The van der Waals surface area contributed by atoms with Crippen LogP contribution in [-0.2, 0) is 19.8 Å². The van der Waals surface area contributed by atoms with E-state index in [9.17, 15) is 0 Å². The molecule has 2 rings (SSSR count). The molecule has 17 heavy (non-hydrogen) atoms. The average Bonchev–Trinajstić information content (AvgIpc) is 2.85. The number of aryl methyl sites for hydroxylation is 1. The second kappa shape index (κ2) is 5.45. The Labute approximate surface area is 99.7 Å². The molecule has 0 aromatic carbocycles. The van der Waals surface area contributed by atoms with Crippen LogP contribution >= 0.6 is 0 Å². The lowest BCUT2D eigenvalue weighted by molar-refractivity contribution is 0.275. The summed E-state index contributed by atoms with van der Waals surface area (Å²) >= 11 is 0. The molecular formula is C12H15N3O2. The largest absolute Gasteiger partial charge is 0.487 e. The molecule has 0 atom stereocenters. The van der Waals surface area contributed by atoms with E-state index in [-0.39, 0.29) is 6.61 Å². The van der Waals surface area contributed by atoms with Crippen LogP contribution in [0.2, 0.25) is 0 Å². The number of rotatable bonds is 5. The zero-order valence-electron chi connectivity index (χ0n) is 9.71. The van der Waals surface area contributed by atoms with E-state index in [0.29, 0.717) is 18.1 Å². The van der Waals surface area contributed by atoms with Gasteiger partial charge in [-0.05, 0) is 19.1 Å². The normalized spacial score (nSPS) is 10.5. The molecule has 90 valence electrons. The SMILES string of the molecule is CCn1cc(COc2ccc(CO)nc2)cn1. The van der Waals surface area contributed by atoms with Crippen LogP contribution in [-0.4, -0.2) is 19.9 Å². The van der Waals surface area contributed by atoms with Crippen molar-refractivity contribution in [3.63, 3.8) is 0 Å². The first-order chi connectivity index (χ1) is 8.31. The molecule has 1 N–H and O–H groups in total. The summed E-state index contributed by atoms with van der Waals surface area (Å²) in [5, 5.41) is 13.0. The average molecular weight is 233 g/mol. The summed E-state index contributed by atoms with van der Waals surface area (Å²) in [5.41, 5.74) is 1.66. The molecule has 0 spiro atoms. The van der Waals surface area contributed by atoms with Crippen molar-refractivity contribution in [3.8, 4) is 5.75 Å². The van der Waals surface area contributed by atoms with E-state index in [1.54, 1.807) is 24.5 Å². The fraction of sp³-hybridized carbons (Fsp3) is 0.333. The first kappa shape index (κ1) is 11.6. The van der Waals surface area contributed by atoms with E-state index in [0.717, 1.165) is 12.1 Å². The van der Waals surface area contributed by atoms with Gasteiger partial charge in [-0.1, -0.05) is 0 Å². The maximum atomic E-state index is 8.85. The minimum Gasteiger partial charge on any atom is -0.487 e. The van der Waals surface area contributed by atoms with Crippen LogP contribution in [0.25, 0.3) is 0 Å². The Kier molecular flexibility index (Phi) is 3.72. The number of aromatic nitrogens is 3. The molecule has 5 nitrogen and oxygen atoms in total. The highest BCUT2D eigenvalue weighted by Gasteiger charge is 2.00. The van der Waals surface area contributed by atoms with Gasteiger partial charge >= 0.3 is 0 Å². The van der Waals surface area contributed by atoms with Crippen LogP contribution in [0.1, 0.15) is 18.2 Å². The Morgan fingerprint density at radius 1 is 1.35 bits per heavy atom.